The fourth-order valence-corrected chi connectivity index (χ4v) is 3.78. The molecule has 5 nitrogen and oxygen atoms in total. The van der Waals surface area contributed by atoms with Crippen LogP contribution < -0.4 is 10.0 Å². The maximum absolute atomic E-state index is 12.1. The predicted molar refractivity (Wildman–Crippen MR) is 96.9 cm³/mol. The highest BCUT2D eigenvalue weighted by Gasteiger charge is 2.15. The minimum atomic E-state index is -3.62. The summed E-state index contributed by atoms with van der Waals surface area (Å²) in [6, 6.07) is 15.9. The lowest BCUT2D eigenvalue weighted by atomic mass is 10.1. The van der Waals surface area contributed by atoms with Gasteiger partial charge in [0.2, 0.25) is 15.9 Å². The van der Waals surface area contributed by atoms with Gasteiger partial charge in [-0.3, -0.25) is 4.79 Å². The Labute approximate surface area is 150 Å². The van der Waals surface area contributed by atoms with Crippen LogP contribution in [-0.4, -0.2) is 20.9 Å². The Bertz CT molecular complexity index is 794. The van der Waals surface area contributed by atoms with E-state index in [2.05, 4.69) is 26.0 Å². The van der Waals surface area contributed by atoms with Crippen LogP contribution in [0.15, 0.2) is 64.0 Å². The number of hydrogen-bond acceptors (Lipinski definition) is 3. The Hall–Kier alpha value is -1.70. The summed E-state index contributed by atoms with van der Waals surface area (Å²) < 4.78 is 27.4. The molecule has 24 heavy (non-hydrogen) atoms. The molecule has 1 atom stereocenters. The third kappa shape index (κ3) is 5.43. The first-order valence-corrected chi connectivity index (χ1v) is 9.75. The van der Waals surface area contributed by atoms with Crippen molar-refractivity contribution >= 4 is 31.9 Å². The van der Waals surface area contributed by atoms with E-state index in [9.17, 15) is 13.2 Å². The summed E-state index contributed by atoms with van der Waals surface area (Å²) in [6.45, 7) is 1.93. The maximum atomic E-state index is 12.1. The third-order valence-electron chi connectivity index (χ3n) is 3.43. The van der Waals surface area contributed by atoms with E-state index in [1.165, 1.54) is 12.1 Å². The lowest BCUT2D eigenvalue weighted by Crippen LogP contribution is -2.32. The molecule has 0 saturated heterocycles. The molecule has 0 spiro atoms. The van der Waals surface area contributed by atoms with E-state index < -0.39 is 10.0 Å². The summed E-state index contributed by atoms with van der Waals surface area (Å²) in [5, 5.41) is 2.85. The lowest BCUT2D eigenvalue weighted by Gasteiger charge is -2.14. The Kier molecular flexibility index (Phi) is 6.53. The number of sulfonamides is 1. The number of rotatable bonds is 7. The molecular weight excluding hydrogens is 392 g/mol. The number of halogens is 1. The Morgan fingerprint density at radius 3 is 2.50 bits per heavy atom. The van der Waals surface area contributed by atoms with Crippen molar-refractivity contribution in [3.8, 4) is 0 Å². The van der Waals surface area contributed by atoms with Gasteiger partial charge in [0.1, 0.15) is 0 Å². The molecule has 0 aliphatic heterocycles. The van der Waals surface area contributed by atoms with E-state index in [4.69, 9.17) is 0 Å². The number of carbonyl (C=O) groups is 1. The number of nitrogens with one attached hydrogen (secondary N) is 2. The quantitative estimate of drug-likeness (QED) is 0.736. The molecule has 1 unspecified atom stereocenters. The Morgan fingerprint density at radius 1 is 1.12 bits per heavy atom. The first-order valence-electron chi connectivity index (χ1n) is 7.48. The molecule has 7 heteroatoms. The first kappa shape index (κ1) is 18.6. The van der Waals surface area contributed by atoms with Gasteiger partial charge < -0.3 is 5.32 Å². The second-order valence-corrected chi connectivity index (χ2v) is 7.99. The molecule has 2 rings (SSSR count). The normalized spacial score (nSPS) is 12.6. The molecule has 2 aromatic rings. The molecule has 0 aliphatic rings. The van der Waals surface area contributed by atoms with Crippen molar-refractivity contribution in [2.45, 2.75) is 24.3 Å². The van der Waals surface area contributed by atoms with E-state index in [-0.39, 0.29) is 29.8 Å². The maximum Gasteiger partial charge on any atom is 0.240 e. The molecule has 2 aromatic carbocycles. The molecule has 128 valence electrons. The minimum absolute atomic E-state index is 0.0438. The van der Waals surface area contributed by atoms with Crippen LogP contribution >= 0.6 is 15.9 Å². The minimum Gasteiger partial charge on any atom is -0.350 e. The summed E-state index contributed by atoms with van der Waals surface area (Å²) in [5.74, 6) is -0.205. The molecule has 2 N–H and O–H groups in total. The second-order valence-electron chi connectivity index (χ2n) is 5.31. The van der Waals surface area contributed by atoms with Crippen LogP contribution in [0.25, 0.3) is 0 Å². The van der Waals surface area contributed by atoms with Crippen LogP contribution in [0, 0.1) is 0 Å². The van der Waals surface area contributed by atoms with Gasteiger partial charge in [-0.1, -0.05) is 52.3 Å². The van der Waals surface area contributed by atoms with Crippen LogP contribution in [0.2, 0.25) is 0 Å². The van der Waals surface area contributed by atoms with Gasteiger partial charge >= 0.3 is 0 Å². The fourth-order valence-electron chi connectivity index (χ4n) is 2.16. The molecular formula is C17H19BrN2O3S. The van der Waals surface area contributed by atoms with Gasteiger partial charge in [0.05, 0.1) is 10.9 Å². The van der Waals surface area contributed by atoms with Gasteiger partial charge in [-0.25, -0.2) is 13.1 Å². The molecule has 0 heterocycles. The predicted octanol–water partition coefficient (Wildman–Crippen LogP) is 2.99. The zero-order valence-electron chi connectivity index (χ0n) is 13.2. The number of carbonyl (C=O) groups excluding carboxylic acids is 1. The summed E-state index contributed by atoms with van der Waals surface area (Å²) in [6.07, 6.45) is 0.0738. The smallest absolute Gasteiger partial charge is 0.240 e. The lowest BCUT2D eigenvalue weighted by molar-refractivity contribution is -0.121. The zero-order chi connectivity index (χ0) is 17.6. The molecule has 0 bridgehead atoms. The standard InChI is InChI=1S/C17H19BrN2O3S/c1-13(14-6-3-2-4-7-14)20-17(21)10-11-19-24(22,23)16-9-5-8-15(18)12-16/h2-9,12-13,19H,10-11H2,1H3,(H,20,21). The molecule has 0 fully saturated rings. The summed E-state index contributed by atoms with van der Waals surface area (Å²) in [7, 11) is -3.62. The Morgan fingerprint density at radius 2 is 1.83 bits per heavy atom. The largest absolute Gasteiger partial charge is 0.350 e. The molecule has 1 amide bonds. The van der Waals surface area contributed by atoms with Gasteiger partial charge in [0.15, 0.2) is 0 Å². The van der Waals surface area contributed by atoms with Crippen LogP contribution in [0.5, 0.6) is 0 Å². The summed E-state index contributed by atoms with van der Waals surface area (Å²) in [5.41, 5.74) is 1.00. The van der Waals surface area contributed by atoms with Crippen molar-refractivity contribution in [2.75, 3.05) is 6.54 Å². The second kappa shape index (κ2) is 8.41. The third-order valence-corrected chi connectivity index (χ3v) is 5.38. The van der Waals surface area contributed by atoms with Gasteiger partial charge in [-0.15, -0.1) is 0 Å². The highest BCUT2D eigenvalue weighted by Crippen LogP contribution is 2.16. The van der Waals surface area contributed by atoms with E-state index in [1.54, 1.807) is 12.1 Å². The van der Waals surface area contributed by atoms with Crippen LogP contribution in [0.3, 0.4) is 0 Å². The SMILES string of the molecule is CC(NC(=O)CCNS(=O)(=O)c1cccc(Br)c1)c1ccccc1. The number of benzene rings is 2. The van der Waals surface area contributed by atoms with Gasteiger partial charge in [0.25, 0.3) is 0 Å². The average Bonchev–Trinajstić information content (AvgIpc) is 2.55. The highest BCUT2D eigenvalue weighted by molar-refractivity contribution is 9.10. The first-order chi connectivity index (χ1) is 11.4. The fraction of sp³-hybridized carbons (Fsp3) is 0.235. The zero-order valence-corrected chi connectivity index (χ0v) is 15.6. The van der Waals surface area contributed by atoms with Crippen molar-refractivity contribution < 1.29 is 13.2 Å². The van der Waals surface area contributed by atoms with Gasteiger partial charge in [-0.2, -0.15) is 0 Å². The van der Waals surface area contributed by atoms with Crippen molar-refractivity contribution in [1.29, 1.82) is 0 Å². The van der Waals surface area contributed by atoms with Crippen molar-refractivity contribution in [3.05, 3.63) is 64.6 Å². The summed E-state index contributed by atoms with van der Waals surface area (Å²) in [4.78, 5) is 12.1. The average molecular weight is 411 g/mol. The summed E-state index contributed by atoms with van der Waals surface area (Å²) >= 11 is 3.24. The molecule has 0 aromatic heterocycles. The molecule has 0 aliphatic carbocycles. The van der Waals surface area contributed by atoms with Crippen LogP contribution in [0.1, 0.15) is 24.9 Å². The van der Waals surface area contributed by atoms with Gasteiger partial charge in [0, 0.05) is 17.4 Å². The molecule has 0 saturated carbocycles. The van der Waals surface area contributed by atoms with Crippen molar-refractivity contribution in [2.24, 2.45) is 0 Å². The Balaban J connectivity index is 1.84. The topological polar surface area (TPSA) is 75.3 Å². The van der Waals surface area contributed by atoms with Gasteiger partial charge in [-0.05, 0) is 30.7 Å². The number of amides is 1. The van der Waals surface area contributed by atoms with E-state index in [1.807, 2.05) is 37.3 Å². The van der Waals surface area contributed by atoms with Crippen LogP contribution in [-0.2, 0) is 14.8 Å². The van der Waals surface area contributed by atoms with Crippen molar-refractivity contribution in [3.63, 3.8) is 0 Å². The monoisotopic (exact) mass is 410 g/mol. The van der Waals surface area contributed by atoms with E-state index >= 15 is 0 Å². The molecule has 0 radical (unpaired) electrons. The number of hydrogen-bond donors (Lipinski definition) is 2. The van der Waals surface area contributed by atoms with E-state index in [0.29, 0.717) is 4.47 Å². The van der Waals surface area contributed by atoms with Crippen molar-refractivity contribution in [1.82, 2.24) is 10.0 Å². The highest BCUT2D eigenvalue weighted by atomic mass is 79.9. The van der Waals surface area contributed by atoms with E-state index in [0.717, 1.165) is 5.56 Å². The van der Waals surface area contributed by atoms with Crippen LogP contribution in [0.4, 0.5) is 0 Å².